The molecule has 2 fully saturated rings. The molecule has 3 amide bonds. The molecule has 174 valence electrons. The van der Waals surface area contributed by atoms with Crippen LogP contribution in [0.25, 0.3) is 0 Å². The summed E-state index contributed by atoms with van der Waals surface area (Å²) in [7, 11) is 0. The van der Waals surface area contributed by atoms with E-state index < -0.39 is 6.04 Å². The predicted molar refractivity (Wildman–Crippen MR) is 128 cm³/mol. The topological polar surface area (TPSA) is 69.7 Å². The number of carbonyl (C=O) groups excluding carboxylic acids is 3. The standard InChI is InChI=1S/C27H33N3O3/c1-19-8-7-10-22(18-19)26(32)30-16-12-21(13-17-30)24(27(33)29-14-5-6-15-29)28-25(31)23-11-4-3-9-20(23)2/h3-4,7-11,18,21,24H,5-6,12-17H2,1-2H3,(H,28,31). The average Bonchev–Trinajstić information content (AvgIpc) is 3.37. The summed E-state index contributed by atoms with van der Waals surface area (Å²) in [5, 5.41) is 3.07. The van der Waals surface area contributed by atoms with Crippen LogP contribution in [0, 0.1) is 19.8 Å². The highest BCUT2D eigenvalue weighted by atomic mass is 16.2. The lowest BCUT2D eigenvalue weighted by molar-refractivity contribution is -0.134. The maximum atomic E-state index is 13.4. The molecule has 4 rings (SSSR count). The Morgan fingerprint density at radius 2 is 1.58 bits per heavy atom. The fourth-order valence-corrected chi connectivity index (χ4v) is 4.96. The molecule has 0 aromatic heterocycles. The van der Waals surface area contributed by atoms with Gasteiger partial charge < -0.3 is 15.1 Å². The minimum Gasteiger partial charge on any atom is -0.341 e. The summed E-state index contributed by atoms with van der Waals surface area (Å²) >= 11 is 0. The van der Waals surface area contributed by atoms with Gasteiger partial charge in [0.15, 0.2) is 0 Å². The molecule has 6 heteroatoms. The SMILES string of the molecule is Cc1cccc(C(=O)N2CCC(C(NC(=O)c3ccccc3C)C(=O)N3CCCC3)CC2)c1. The van der Waals surface area contributed by atoms with Crippen LogP contribution >= 0.6 is 0 Å². The second-order valence-electron chi connectivity index (χ2n) is 9.30. The molecular weight excluding hydrogens is 414 g/mol. The first-order valence-corrected chi connectivity index (χ1v) is 12.0. The maximum absolute atomic E-state index is 13.4. The van der Waals surface area contributed by atoms with Gasteiger partial charge in [-0.3, -0.25) is 14.4 Å². The lowest BCUT2D eigenvalue weighted by atomic mass is 9.87. The second kappa shape index (κ2) is 10.2. The Bertz CT molecular complexity index is 1020. The van der Waals surface area contributed by atoms with Crippen LogP contribution in [0.3, 0.4) is 0 Å². The zero-order valence-corrected chi connectivity index (χ0v) is 19.5. The van der Waals surface area contributed by atoms with Gasteiger partial charge in [-0.2, -0.15) is 0 Å². The predicted octanol–water partition coefficient (Wildman–Crippen LogP) is 3.58. The molecule has 0 spiro atoms. The van der Waals surface area contributed by atoms with E-state index in [4.69, 9.17) is 0 Å². The molecular formula is C27H33N3O3. The molecule has 6 nitrogen and oxygen atoms in total. The lowest BCUT2D eigenvalue weighted by Gasteiger charge is -2.37. The molecule has 1 unspecified atom stereocenters. The minimum atomic E-state index is -0.563. The number of hydrogen-bond acceptors (Lipinski definition) is 3. The Morgan fingerprint density at radius 1 is 0.879 bits per heavy atom. The Labute approximate surface area is 196 Å². The number of nitrogens with one attached hydrogen (secondary N) is 1. The molecule has 33 heavy (non-hydrogen) atoms. The third kappa shape index (κ3) is 5.27. The fraction of sp³-hybridized carbons (Fsp3) is 0.444. The van der Waals surface area contributed by atoms with E-state index in [0.29, 0.717) is 37.1 Å². The van der Waals surface area contributed by atoms with Gasteiger partial charge in [0.1, 0.15) is 6.04 Å². The quantitative estimate of drug-likeness (QED) is 0.762. The van der Waals surface area contributed by atoms with Crippen molar-refractivity contribution in [3.8, 4) is 0 Å². The van der Waals surface area contributed by atoms with Crippen molar-refractivity contribution in [2.75, 3.05) is 26.2 Å². The van der Waals surface area contributed by atoms with E-state index in [0.717, 1.165) is 37.1 Å². The molecule has 1 atom stereocenters. The molecule has 2 heterocycles. The smallest absolute Gasteiger partial charge is 0.253 e. The van der Waals surface area contributed by atoms with Gasteiger partial charge in [-0.15, -0.1) is 0 Å². The molecule has 2 aliphatic rings. The van der Waals surface area contributed by atoms with E-state index in [2.05, 4.69) is 5.32 Å². The van der Waals surface area contributed by atoms with Crippen LogP contribution < -0.4 is 5.32 Å². The number of likely N-dealkylation sites (tertiary alicyclic amines) is 2. The van der Waals surface area contributed by atoms with Crippen LogP contribution in [0.15, 0.2) is 48.5 Å². The van der Waals surface area contributed by atoms with Gasteiger partial charge in [-0.05, 0) is 69.2 Å². The molecule has 2 saturated heterocycles. The van der Waals surface area contributed by atoms with Crippen LogP contribution in [0.4, 0.5) is 0 Å². The number of benzene rings is 2. The van der Waals surface area contributed by atoms with E-state index in [1.165, 1.54) is 0 Å². The molecule has 1 N–H and O–H groups in total. The van der Waals surface area contributed by atoms with E-state index in [-0.39, 0.29) is 23.6 Å². The Morgan fingerprint density at radius 3 is 2.24 bits per heavy atom. The fourth-order valence-electron chi connectivity index (χ4n) is 4.96. The minimum absolute atomic E-state index is 0.00706. The number of hydrogen-bond donors (Lipinski definition) is 1. The zero-order chi connectivity index (χ0) is 23.4. The van der Waals surface area contributed by atoms with Crippen molar-refractivity contribution in [3.05, 3.63) is 70.8 Å². The molecule has 2 aliphatic heterocycles. The molecule has 0 saturated carbocycles. The first kappa shape index (κ1) is 23.0. The highest BCUT2D eigenvalue weighted by Gasteiger charge is 2.37. The lowest BCUT2D eigenvalue weighted by Crippen LogP contribution is -2.54. The summed E-state index contributed by atoms with van der Waals surface area (Å²) in [6, 6.07) is 14.5. The summed E-state index contributed by atoms with van der Waals surface area (Å²) in [4.78, 5) is 43.2. The maximum Gasteiger partial charge on any atom is 0.253 e. The highest BCUT2D eigenvalue weighted by molar-refractivity contribution is 5.99. The molecule has 2 aromatic rings. The number of amides is 3. The van der Waals surface area contributed by atoms with Crippen molar-refractivity contribution >= 4 is 17.7 Å². The van der Waals surface area contributed by atoms with Crippen molar-refractivity contribution in [3.63, 3.8) is 0 Å². The summed E-state index contributed by atoms with van der Waals surface area (Å²) < 4.78 is 0. The van der Waals surface area contributed by atoms with Crippen LogP contribution in [-0.2, 0) is 4.79 Å². The third-order valence-electron chi connectivity index (χ3n) is 6.92. The molecule has 0 aliphatic carbocycles. The number of rotatable bonds is 5. The van der Waals surface area contributed by atoms with E-state index in [1.54, 1.807) is 6.07 Å². The van der Waals surface area contributed by atoms with Gasteiger partial charge in [0.25, 0.3) is 11.8 Å². The summed E-state index contributed by atoms with van der Waals surface area (Å²) in [6.45, 7) is 6.56. The van der Waals surface area contributed by atoms with Crippen molar-refractivity contribution in [2.45, 2.75) is 45.6 Å². The van der Waals surface area contributed by atoms with E-state index in [1.807, 2.05) is 66.1 Å². The average molecular weight is 448 g/mol. The summed E-state index contributed by atoms with van der Waals surface area (Å²) in [5.41, 5.74) is 3.25. The van der Waals surface area contributed by atoms with Gasteiger partial charge in [-0.1, -0.05) is 35.9 Å². The van der Waals surface area contributed by atoms with Gasteiger partial charge in [0.05, 0.1) is 0 Å². The van der Waals surface area contributed by atoms with Crippen LogP contribution in [0.2, 0.25) is 0 Å². The molecule has 0 radical (unpaired) electrons. The Kier molecular flexibility index (Phi) is 7.11. The largest absolute Gasteiger partial charge is 0.341 e. The van der Waals surface area contributed by atoms with Gasteiger partial charge >= 0.3 is 0 Å². The third-order valence-corrected chi connectivity index (χ3v) is 6.92. The number of nitrogens with zero attached hydrogens (tertiary/aromatic N) is 2. The first-order valence-electron chi connectivity index (χ1n) is 12.0. The van der Waals surface area contributed by atoms with E-state index >= 15 is 0 Å². The van der Waals surface area contributed by atoms with Crippen LogP contribution in [0.1, 0.15) is 57.5 Å². The van der Waals surface area contributed by atoms with Gasteiger partial charge in [-0.25, -0.2) is 0 Å². The van der Waals surface area contributed by atoms with Crippen LogP contribution in [0.5, 0.6) is 0 Å². The van der Waals surface area contributed by atoms with Crippen molar-refractivity contribution < 1.29 is 14.4 Å². The zero-order valence-electron chi connectivity index (χ0n) is 19.5. The van der Waals surface area contributed by atoms with Gasteiger partial charge in [0, 0.05) is 37.3 Å². The first-order chi connectivity index (χ1) is 15.9. The van der Waals surface area contributed by atoms with Gasteiger partial charge in [0.2, 0.25) is 5.91 Å². The van der Waals surface area contributed by atoms with Crippen molar-refractivity contribution in [1.82, 2.24) is 15.1 Å². The number of carbonyl (C=O) groups is 3. The highest BCUT2D eigenvalue weighted by Crippen LogP contribution is 2.25. The molecule has 0 bridgehead atoms. The second-order valence-corrected chi connectivity index (χ2v) is 9.30. The number of piperidine rings is 1. The van der Waals surface area contributed by atoms with Crippen molar-refractivity contribution in [1.29, 1.82) is 0 Å². The molecule has 2 aromatic carbocycles. The summed E-state index contributed by atoms with van der Waals surface area (Å²) in [6.07, 6.45) is 3.40. The Hall–Kier alpha value is -3.15. The monoisotopic (exact) mass is 447 g/mol. The Balaban J connectivity index is 1.47. The van der Waals surface area contributed by atoms with E-state index in [9.17, 15) is 14.4 Å². The summed E-state index contributed by atoms with van der Waals surface area (Å²) in [5.74, 6) is -0.155. The van der Waals surface area contributed by atoms with Crippen molar-refractivity contribution in [2.24, 2.45) is 5.92 Å². The normalized spacial score (nSPS) is 17.6. The van der Waals surface area contributed by atoms with Crippen LogP contribution in [-0.4, -0.2) is 59.7 Å². The number of aryl methyl sites for hydroxylation is 2.